The first-order valence-corrected chi connectivity index (χ1v) is 18.0. The fraction of sp³-hybridized carbons (Fsp3) is 0.882. The largest absolute Gasteiger partial charge is 0.465 e. The fourth-order valence-electron chi connectivity index (χ4n) is 7.95. The van der Waals surface area contributed by atoms with E-state index in [4.69, 9.17) is 14.6 Å². The van der Waals surface area contributed by atoms with E-state index in [0.29, 0.717) is 89.7 Å². The molecule has 4 amide bonds. The Morgan fingerprint density at radius 1 is 0.891 bits per heavy atom. The zero-order chi connectivity index (χ0) is 32.8. The minimum atomic E-state index is -0.863. The predicted octanol–water partition coefficient (Wildman–Crippen LogP) is 4.20. The van der Waals surface area contributed by atoms with Gasteiger partial charge in [0.2, 0.25) is 5.91 Å². The minimum absolute atomic E-state index is 0.180. The van der Waals surface area contributed by atoms with Gasteiger partial charge in [0, 0.05) is 38.8 Å². The second-order valence-electron chi connectivity index (χ2n) is 13.9. The van der Waals surface area contributed by atoms with Gasteiger partial charge in [-0.3, -0.25) is 9.69 Å². The number of likely N-dealkylation sites (tertiary alicyclic amines) is 1. The number of carbonyl (C=O) groups is 3. The number of amides is 4. The number of ether oxygens (including phenoxy) is 2. The second kappa shape index (κ2) is 18.6. The molecule has 2 aliphatic carbocycles. The fourth-order valence-corrected chi connectivity index (χ4v) is 7.95. The zero-order valence-corrected chi connectivity index (χ0v) is 28.1. The number of hydrogen-bond acceptors (Lipinski definition) is 7. The lowest BCUT2D eigenvalue weighted by Gasteiger charge is -2.48. The molecule has 3 aliphatic heterocycles. The summed E-state index contributed by atoms with van der Waals surface area (Å²) in [5.41, 5.74) is -0.863. The number of morpholine rings is 2. The molecule has 0 aromatic heterocycles. The zero-order valence-electron chi connectivity index (χ0n) is 28.1. The van der Waals surface area contributed by atoms with Crippen molar-refractivity contribution in [2.45, 2.75) is 114 Å². The van der Waals surface area contributed by atoms with Gasteiger partial charge in [0.15, 0.2) is 0 Å². The van der Waals surface area contributed by atoms with Gasteiger partial charge in [-0.25, -0.2) is 9.59 Å². The van der Waals surface area contributed by atoms with Crippen LogP contribution in [0.1, 0.15) is 96.8 Å². The van der Waals surface area contributed by atoms with Crippen LogP contribution in [0.4, 0.5) is 9.59 Å². The van der Waals surface area contributed by atoms with Crippen molar-refractivity contribution < 1.29 is 29.0 Å². The highest BCUT2D eigenvalue weighted by atomic mass is 16.5. The Labute approximate surface area is 275 Å². The Balaban J connectivity index is 0.000000459. The van der Waals surface area contributed by atoms with Crippen molar-refractivity contribution in [3.8, 4) is 6.07 Å². The van der Waals surface area contributed by atoms with Crippen molar-refractivity contribution in [3.05, 3.63) is 0 Å². The summed E-state index contributed by atoms with van der Waals surface area (Å²) in [7, 11) is 0. The van der Waals surface area contributed by atoms with Crippen molar-refractivity contribution >= 4 is 18.0 Å². The molecular formula is C34H58N6O6. The molecule has 12 heteroatoms. The van der Waals surface area contributed by atoms with Crippen molar-refractivity contribution in [1.29, 1.82) is 5.26 Å². The lowest BCUT2D eigenvalue weighted by Crippen LogP contribution is -2.63. The lowest BCUT2D eigenvalue weighted by atomic mass is 9.74. The van der Waals surface area contributed by atoms with E-state index in [9.17, 15) is 19.6 Å². The molecule has 3 N–H and O–H groups in total. The number of carbonyl (C=O) groups excluding carboxylic acids is 2. The number of hydrogen-bond donors (Lipinski definition) is 3. The van der Waals surface area contributed by atoms with Gasteiger partial charge in [0.1, 0.15) is 11.6 Å². The van der Waals surface area contributed by atoms with E-state index in [0.717, 1.165) is 32.4 Å². The van der Waals surface area contributed by atoms with Crippen LogP contribution in [-0.2, 0) is 14.3 Å². The van der Waals surface area contributed by atoms with E-state index in [1.807, 2.05) is 0 Å². The number of nitriles is 1. The molecule has 0 radical (unpaired) electrons. The first kappa shape index (κ1) is 36.2. The maximum absolute atomic E-state index is 13.8. The van der Waals surface area contributed by atoms with E-state index < -0.39 is 17.7 Å². The Kier molecular flexibility index (Phi) is 14.7. The Bertz CT molecular complexity index is 996. The highest BCUT2D eigenvalue weighted by Crippen LogP contribution is 2.37. The van der Waals surface area contributed by atoms with Crippen molar-refractivity contribution in [3.63, 3.8) is 0 Å². The van der Waals surface area contributed by atoms with Gasteiger partial charge in [-0.05, 0) is 56.9 Å². The molecule has 0 aromatic carbocycles. The third-order valence-electron chi connectivity index (χ3n) is 10.6. The molecule has 0 aromatic rings. The van der Waals surface area contributed by atoms with Gasteiger partial charge in [-0.15, -0.1) is 0 Å². The summed E-state index contributed by atoms with van der Waals surface area (Å²) in [5.74, 6) is 0.860. The Hall–Kier alpha value is -2.62. The molecule has 5 aliphatic rings. The average molecular weight is 647 g/mol. The topological polar surface area (TPSA) is 147 Å². The van der Waals surface area contributed by atoms with E-state index >= 15 is 0 Å². The van der Waals surface area contributed by atoms with Crippen LogP contribution >= 0.6 is 0 Å². The average Bonchev–Trinajstić information content (AvgIpc) is 3.10. The molecular weight excluding hydrogens is 588 g/mol. The monoisotopic (exact) mass is 646 g/mol. The van der Waals surface area contributed by atoms with Crippen LogP contribution < -0.4 is 10.6 Å². The summed E-state index contributed by atoms with van der Waals surface area (Å²) in [5, 5.41) is 25.1. The molecule has 3 unspecified atom stereocenters. The Morgan fingerprint density at radius 3 is 2.02 bits per heavy atom. The summed E-state index contributed by atoms with van der Waals surface area (Å²) < 4.78 is 10.3. The van der Waals surface area contributed by atoms with Crippen molar-refractivity contribution in [2.24, 2.45) is 11.8 Å². The summed E-state index contributed by atoms with van der Waals surface area (Å²) in [6, 6.07) is 2.10. The SMILES string of the molecule is CCCN1CCC(C#N)(NC(=O)C(CC2CCCCC2)NC(=O)N2CCOCC2)CC1C1CCCCC1.O=C(O)N1CCOCC1. The summed E-state index contributed by atoms with van der Waals surface area (Å²) in [6.45, 7) is 8.35. The first-order valence-electron chi connectivity index (χ1n) is 18.0. The molecule has 5 rings (SSSR count). The molecule has 3 atom stereocenters. The second-order valence-corrected chi connectivity index (χ2v) is 13.9. The molecule has 5 fully saturated rings. The van der Waals surface area contributed by atoms with Crippen molar-refractivity contribution in [1.82, 2.24) is 25.3 Å². The smallest absolute Gasteiger partial charge is 0.407 e. The van der Waals surface area contributed by atoms with E-state index in [1.165, 1.54) is 56.3 Å². The molecule has 2 saturated carbocycles. The molecule has 260 valence electrons. The van der Waals surface area contributed by atoms with Crippen LogP contribution in [0.15, 0.2) is 0 Å². The maximum atomic E-state index is 13.8. The maximum Gasteiger partial charge on any atom is 0.407 e. The van der Waals surface area contributed by atoms with Gasteiger partial charge in [-0.1, -0.05) is 58.3 Å². The number of nitrogens with zero attached hydrogens (tertiary/aromatic N) is 4. The van der Waals surface area contributed by atoms with Crippen LogP contribution in [0.2, 0.25) is 0 Å². The number of piperidine rings is 1. The molecule has 3 saturated heterocycles. The third-order valence-corrected chi connectivity index (χ3v) is 10.6. The summed E-state index contributed by atoms with van der Waals surface area (Å²) in [6.07, 6.45) is 14.4. The minimum Gasteiger partial charge on any atom is -0.465 e. The van der Waals surface area contributed by atoms with Gasteiger partial charge < -0.3 is 35.0 Å². The third kappa shape index (κ3) is 10.7. The van der Waals surface area contributed by atoms with Gasteiger partial charge >= 0.3 is 12.1 Å². The van der Waals surface area contributed by atoms with Gasteiger partial charge in [-0.2, -0.15) is 5.26 Å². The van der Waals surface area contributed by atoms with Gasteiger partial charge in [0.05, 0.1) is 32.5 Å². The van der Waals surface area contributed by atoms with Crippen LogP contribution in [0, 0.1) is 23.2 Å². The van der Waals surface area contributed by atoms with Crippen molar-refractivity contribution in [2.75, 3.05) is 65.7 Å². The van der Waals surface area contributed by atoms with Crippen LogP contribution in [-0.4, -0.2) is 121 Å². The number of rotatable bonds is 8. The Morgan fingerprint density at radius 2 is 1.48 bits per heavy atom. The summed E-state index contributed by atoms with van der Waals surface area (Å²) in [4.78, 5) is 42.8. The van der Waals surface area contributed by atoms with E-state index in [1.54, 1.807) is 4.90 Å². The molecule has 0 spiro atoms. The van der Waals surface area contributed by atoms with E-state index in [-0.39, 0.29) is 11.9 Å². The van der Waals surface area contributed by atoms with Crippen LogP contribution in [0.25, 0.3) is 0 Å². The lowest BCUT2D eigenvalue weighted by molar-refractivity contribution is -0.125. The first-order chi connectivity index (χ1) is 22.3. The van der Waals surface area contributed by atoms with Crippen LogP contribution in [0.5, 0.6) is 0 Å². The normalized spacial score (nSPS) is 27.4. The number of urea groups is 1. The van der Waals surface area contributed by atoms with E-state index in [2.05, 4.69) is 28.5 Å². The molecule has 12 nitrogen and oxygen atoms in total. The van der Waals surface area contributed by atoms with Gasteiger partial charge in [0.25, 0.3) is 0 Å². The summed E-state index contributed by atoms with van der Waals surface area (Å²) >= 11 is 0. The molecule has 0 bridgehead atoms. The predicted molar refractivity (Wildman–Crippen MR) is 174 cm³/mol. The number of nitrogens with one attached hydrogen (secondary N) is 2. The standard InChI is InChI=1S/C29H49N5O3.C5H9NO3/c1-2-14-33-15-13-29(22-30,21-26(33)24-11-7-4-8-12-24)32-27(35)25(20-23-9-5-3-6-10-23)31-28(36)34-16-18-37-19-17-34;7-5(8)6-1-3-9-4-2-6/h23-26H,2-21H2,1H3,(H,31,36)(H,32,35);1-4H2,(H,7,8). The quantitative estimate of drug-likeness (QED) is 0.356. The highest BCUT2D eigenvalue weighted by molar-refractivity contribution is 5.88. The number of carboxylic acid groups (broad SMARTS) is 1. The highest BCUT2D eigenvalue weighted by Gasteiger charge is 2.45. The molecule has 3 heterocycles. The van der Waals surface area contributed by atoms with Crippen LogP contribution in [0.3, 0.4) is 0 Å². The molecule has 46 heavy (non-hydrogen) atoms.